The molecule has 0 saturated heterocycles. The van der Waals surface area contributed by atoms with Gasteiger partial charge in [-0.05, 0) is 46.4 Å². The first-order valence-corrected chi connectivity index (χ1v) is 8.78. The number of hydrogen-bond acceptors (Lipinski definition) is 2. The second-order valence-electron chi connectivity index (χ2n) is 5.93. The summed E-state index contributed by atoms with van der Waals surface area (Å²) in [6.45, 7) is 1.94. The first-order valence-electron chi connectivity index (χ1n) is 7.98. The van der Waals surface area contributed by atoms with Crippen molar-refractivity contribution < 1.29 is 4.79 Å². The van der Waals surface area contributed by atoms with E-state index in [0.29, 0.717) is 5.56 Å². The van der Waals surface area contributed by atoms with Crippen LogP contribution in [0.25, 0.3) is 21.7 Å². The average Bonchev–Trinajstić information content (AvgIpc) is 2.61. The van der Waals surface area contributed by atoms with Crippen LogP contribution in [0.5, 0.6) is 0 Å². The fraction of sp³-hybridized carbons (Fsp3) is 0.0476. The molecule has 0 saturated carbocycles. The molecule has 4 aromatic rings. The molecule has 0 aliphatic heterocycles. The van der Waals surface area contributed by atoms with Gasteiger partial charge in [0.05, 0.1) is 16.8 Å². The van der Waals surface area contributed by atoms with Gasteiger partial charge in [-0.25, -0.2) is 0 Å². The highest BCUT2D eigenvalue weighted by atomic mass is 79.9. The Labute approximate surface area is 153 Å². The van der Waals surface area contributed by atoms with E-state index >= 15 is 0 Å². The molecule has 1 amide bonds. The van der Waals surface area contributed by atoms with Gasteiger partial charge in [0.1, 0.15) is 0 Å². The lowest BCUT2D eigenvalue weighted by Crippen LogP contribution is -2.13. The van der Waals surface area contributed by atoms with Crippen molar-refractivity contribution in [3.8, 4) is 0 Å². The molecule has 1 N–H and O–H groups in total. The second kappa shape index (κ2) is 6.30. The Morgan fingerprint density at radius 2 is 1.72 bits per heavy atom. The highest BCUT2D eigenvalue weighted by Gasteiger charge is 2.13. The number of nitrogens with zero attached hydrogens (tertiary/aromatic N) is 1. The summed E-state index contributed by atoms with van der Waals surface area (Å²) in [5, 5.41) is 6.19. The van der Waals surface area contributed by atoms with E-state index in [0.717, 1.165) is 37.5 Å². The van der Waals surface area contributed by atoms with Crippen molar-refractivity contribution in [1.29, 1.82) is 0 Å². The van der Waals surface area contributed by atoms with Gasteiger partial charge >= 0.3 is 0 Å². The minimum atomic E-state index is -0.146. The molecule has 1 aromatic heterocycles. The van der Waals surface area contributed by atoms with Gasteiger partial charge in [0.2, 0.25) is 0 Å². The van der Waals surface area contributed by atoms with Crippen LogP contribution >= 0.6 is 15.9 Å². The van der Waals surface area contributed by atoms with Crippen molar-refractivity contribution in [3.63, 3.8) is 0 Å². The fourth-order valence-corrected chi connectivity index (χ4v) is 3.49. The Bertz CT molecular complexity index is 1120. The Balaban J connectivity index is 1.86. The number of aryl methyl sites for hydroxylation is 1. The highest BCUT2D eigenvalue weighted by molar-refractivity contribution is 9.10. The molecule has 25 heavy (non-hydrogen) atoms. The van der Waals surface area contributed by atoms with Crippen LogP contribution in [0.3, 0.4) is 0 Å². The van der Waals surface area contributed by atoms with E-state index in [9.17, 15) is 4.79 Å². The molecule has 122 valence electrons. The SMILES string of the molecule is Cc1cc(NC(=O)c2ccccc2Br)c2ccc3ccccc3c2n1. The fourth-order valence-electron chi connectivity index (χ4n) is 3.03. The van der Waals surface area contributed by atoms with Gasteiger partial charge in [-0.15, -0.1) is 0 Å². The predicted molar refractivity (Wildman–Crippen MR) is 106 cm³/mol. The quantitative estimate of drug-likeness (QED) is 0.445. The second-order valence-corrected chi connectivity index (χ2v) is 6.78. The number of benzene rings is 3. The maximum Gasteiger partial charge on any atom is 0.256 e. The monoisotopic (exact) mass is 390 g/mol. The van der Waals surface area contributed by atoms with Gasteiger partial charge in [0, 0.05) is 20.9 Å². The van der Waals surface area contributed by atoms with Gasteiger partial charge in [0.15, 0.2) is 0 Å². The Hall–Kier alpha value is -2.72. The van der Waals surface area contributed by atoms with Crippen LogP contribution in [0.4, 0.5) is 5.69 Å². The topological polar surface area (TPSA) is 42.0 Å². The zero-order valence-electron chi connectivity index (χ0n) is 13.6. The van der Waals surface area contributed by atoms with E-state index in [1.165, 1.54) is 0 Å². The largest absolute Gasteiger partial charge is 0.321 e. The van der Waals surface area contributed by atoms with E-state index in [1.54, 1.807) is 6.07 Å². The number of anilines is 1. The van der Waals surface area contributed by atoms with Gasteiger partial charge in [-0.1, -0.05) is 48.5 Å². The van der Waals surface area contributed by atoms with E-state index in [4.69, 9.17) is 4.98 Å². The zero-order valence-corrected chi connectivity index (χ0v) is 15.2. The number of fused-ring (bicyclic) bond motifs is 3. The molecular weight excluding hydrogens is 376 g/mol. The van der Waals surface area contributed by atoms with Crippen LogP contribution in [-0.4, -0.2) is 10.9 Å². The molecule has 3 nitrogen and oxygen atoms in total. The summed E-state index contributed by atoms with van der Waals surface area (Å²) < 4.78 is 0.771. The van der Waals surface area contributed by atoms with Gasteiger partial charge in [-0.2, -0.15) is 0 Å². The van der Waals surface area contributed by atoms with Crippen molar-refractivity contribution in [2.75, 3.05) is 5.32 Å². The van der Waals surface area contributed by atoms with Crippen LogP contribution in [-0.2, 0) is 0 Å². The predicted octanol–water partition coefficient (Wildman–Crippen LogP) is 5.71. The summed E-state index contributed by atoms with van der Waals surface area (Å²) in [6, 6.07) is 21.5. The van der Waals surface area contributed by atoms with Gasteiger partial charge in [-0.3, -0.25) is 9.78 Å². The molecule has 0 fully saturated rings. The summed E-state index contributed by atoms with van der Waals surface area (Å²) in [7, 11) is 0. The lowest BCUT2D eigenvalue weighted by atomic mass is 10.0. The van der Waals surface area contributed by atoms with Crippen LogP contribution in [0.15, 0.2) is 71.2 Å². The van der Waals surface area contributed by atoms with Crippen LogP contribution in [0, 0.1) is 6.92 Å². The van der Waals surface area contributed by atoms with E-state index in [2.05, 4.69) is 39.4 Å². The maximum absolute atomic E-state index is 12.7. The van der Waals surface area contributed by atoms with Crippen LogP contribution in [0.2, 0.25) is 0 Å². The Morgan fingerprint density at radius 1 is 0.960 bits per heavy atom. The number of carbonyl (C=O) groups is 1. The summed E-state index contributed by atoms with van der Waals surface area (Å²) in [4.78, 5) is 17.4. The lowest BCUT2D eigenvalue weighted by molar-refractivity contribution is 0.102. The normalized spacial score (nSPS) is 11.0. The number of nitrogens with one attached hydrogen (secondary N) is 1. The summed E-state index contributed by atoms with van der Waals surface area (Å²) in [5.74, 6) is -0.146. The number of pyridine rings is 1. The van der Waals surface area contributed by atoms with Crippen molar-refractivity contribution >= 4 is 49.2 Å². The first-order chi connectivity index (χ1) is 12.1. The molecule has 1 heterocycles. The van der Waals surface area contributed by atoms with Crippen molar-refractivity contribution in [2.24, 2.45) is 0 Å². The molecule has 4 heteroatoms. The van der Waals surface area contributed by atoms with Crippen LogP contribution in [0.1, 0.15) is 16.1 Å². The zero-order chi connectivity index (χ0) is 17.4. The minimum Gasteiger partial charge on any atom is -0.321 e. The molecule has 0 spiro atoms. The van der Waals surface area contributed by atoms with E-state index in [1.807, 2.05) is 49.4 Å². The third-order valence-corrected chi connectivity index (χ3v) is 4.89. The molecular formula is C21H15BrN2O. The lowest BCUT2D eigenvalue weighted by Gasteiger charge is -2.12. The minimum absolute atomic E-state index is 0.146. The Morgan fingerprint density at radius 3 is 2.56 bits per heavy atom. The maximum atomic E-state index is 12.7. The molecule has 3 aromatic carbocycles. The number of hydrogen-bond donors (Lipinski definition) is 1. The number of aromatic nitrogens is 1. The Kier molecular flexibility index (Phi) is 3.98. The third kappa shape index (κ3) is 2.89. The van der Waals surface area contributed by atoms with E-state index in [-0.39, 0.29) is 5.91 Å². The molecule has 0 bridgehead atoms. The average molecular weight is 391 g/mol. The molecule has 0 unspecified atom stereocenters. The highest BCUT2D eigenvalue weighted by Crippen LogP contribution is 2.30. The van der Waals surface area contributed by atoms with E-state index < -0.39 is 0 Å². The number of rotatable bonds is 2. The molecule has 4 rings (SSSR count). The van der Waals surface area contributed by atoms with Crippen molar-refractivity contribution in [1.82, 2.24) is 4.98 Å². The molecule has 0 radical (unpaired) electrons. The van der Waals surface area contributed by atoms with Crippen LogP contribution < -0.4 is 5.32 Å². The summed E-state index contributed by atoms with van der Waals surface area (Å²) >= 11 is 3.43. The first kappa shape index (κ1) is 15.8. The third-order valence-electron chi connectivity index (χ3n) is 4.20. The molecule has 0 aliphatic carbocycles. The van der Waals surface area contributed by atoms with Gasteiger partial charge in [0.25, 0.3) is 5.91 Å². The van der Waals surface area contributed by atoms with Crippen molar-refractivity contribution in [3.05, 3.63) is 82.5 Å². The van der Waals surface area contributed by atoms with Gasteiger partial charge < -0.3 is 5.32 Å². The standard InChI is InChI=1S/C21H15BrN2O/c1-13-12-19(24-21(25)16-8-4-5-9-18(16)22)17-11-10-14-6-2-3-7-15(14)20(17)23-13/h2-12H,1H3,(H,23,24,25). The smallest absolute Gasteiger partial charge is 0.256 e. The summed E-state index contributed by atoms with van der Waals surface area (Å²) in [6.07, 6.45) is 0. The summed E-state index contributed by atoms with van der Waals surface area (Å²) in [5.41, 5.74) is 3.15. The van der Waals surface area contributed by atoms with Crippen molar-refractivity contribution in [2.45, 2.75) is 6.92 Å². The molecule has 0 atom stereocenters. The number of carbonyl (C=O) groups excluding carboxylic acids is 1. The number of amides is 1. The molecule has 0 aliphatic rings. The number of halogens is 1.